The molecule has 0 spiro atoms. The summed E-state index contributed by atoms with van der Waals surface area (Å²) in [5, 5.41) is 0. The number of thioether (sulfide) groups is 1. The molecule has 1 nitrogen and oxygen atoms in total. The Morgan fingerprint density at radius 1 is 1.42 bits per heavy atom. The van der Waals surface area contributed by atoms with Crippen molar-refractivity contribution in [3.8, 4) is 0 Å². The van der Waals surface area contributed by atoms with E-state index in [4.69, 9.17) is 16.3 Å². The highest BCUT2D eigenvalue weighted by Crippen LogP contribution is 2.17. The third kappa shape index (κ3) is 4.58. The topological polar surface area (TPSA) is 9.23 Å². The van der Waals surface area contributed by atoms with Crippen molar-refractivity contribution in [2.24, 2.45) is 0 Å². The molecule has 72 valence electrons. The van der Waals surface area contributed by atoms with E-state index in [9.17, 15) is 0 Å². The number of rotatable bonds is 6. The van der Waals surface area contributed by atoms with E-state index in [1.807, 2.05) is 11.8 Å². The van der Waals surface area contributed by atoms with Crippen LogP contribution in [0.15, 0.2) is 0 Å². The zero-order valence-corrected chi connectivity index (χ0v) is 9.00. The highest BCUT2D eigenvalue weighted by molar-refractivity contribution is 7.99. The first-order chi connectivity index (χ1) is 5.93. The SMILES string of the molecule is ClCCCSCCC1CCCO1. The molecule has 1 heterocycles. The predicted octanol–water partition coefficient (Wildman–Crippen LogP) is 2.92. The van der Waals surface area contributed by atoms with Crippen LogP contribution >= 0.6 is 23.4 Å². The third-order valence-electron chi connectivity index (χ3n) is 2.03. The molecule has 1 atom stereocenters. The lowest BCUT2D eigenvalue weighted by Crippen LogP contribution is -2.05. The fourth-order valence-electron chi connectivity index (χ4n) is 1.35. The lowest BCUT2D eigenvalue weighted by molar-refractivity contribution is 0.109. The van der Waals surface area contributed by atoms with E-state index in [0.29, 0.717) is 6.10 Å². The molecular weight excluding hydrogens is 192 g/mol. The minimum absolute atomic E-state index is 0.563. The van der Waals surface area contributed by atoms with Gasteiger partial charge in [-0.05, 0) is 37.2 Å². The van der Waals surface area contributed by atoms with E-state index in [2.05, 4.69) is 0 Å². The van der Waals surface area contributed by atoms with Crippen molar-refractivity contribution in [2.45, 2.75) is 31.8 Å². The van der Waals surface area contributed by atoms with Gasteiger partial charge in [0.2, 0.25) is 0 Å². The maximum atomic E-state index is 5.57. The van der Waals surface area contributed by atoms with Crippen molar-refractivity contribution in [3.63, 3.8) is 0 Å². The summed E-state index contributed by atoms with van der Waals surface area (Å²) in [5.41, 5.74) is 0. The molecule has 12 heavy (non-hydrogen) atoms. The summed E-state index contributed by atoms with van der Waals surface area (Å²) in [7, 11) is 0. The van der Waals surface area contributed by atoms with Gasteiger partial charge in [0.1, 0.15) is 0 Å². The van der Waals surface area contributed by atoms with E-state index in [-0.39, 0.29) is 0 Å². The smallest absolute Gasteiger partial charge is 0.0583 e. The zero-order chi connectivity index (χ0) is 8.65. The summed E-state index contributed by atoms with van der Waals surface area (Å²) < 4.78 is 5.52. The number of hydrogen-bond donors (Lipinski definition) is 0. The van der Waals surface area contributed by atoms with E-state index in [1.54, 1.807) is 0 Å². The van der Waals surface area contributed by atoms with Crippen LogP contribution in [0.5, 0.6) is 0 Å². The van der Waals surface area contributed by atoms with Gasteiger partial charge in [-0.25, -0.2) is 0 Å². The molecule has 0 N–H and O–H groups in total. The quantitative estimate of drug-likeness (QED) is 0.491. The standard InChI is InChI=1S/C9H17ClOS/c10-5-2-7-12-8-4-9-3-1-6-11-9/h9H,1-8H2. The van der Waals surface area contributed by atoms with Crippen LogP contribution in [-0.2, 0) is 4.74 Å². The van der Waals surface area contributed by atoms with E-state index in [0.717, 1.165) is 18.9 Å². The molecule has 0 aliphatic carbocycles. The van der Waals surface area contributed by atoms with Gasteiger partial charge in [0, 0.05) is 12.5 Å². The monoisotopic (exact) mass is 208 g/mol. The van der Waals surface area contributed by atoms with E-state index >= 15 is 0 Å². The molecule has 1 fully saturated rings. The minimum Gasteiger partial charge on any atom is -0.378 e. The van der Waals surface area contributed by atoms with Crippen LogP contribution in [0.4, 0.5) is 0 Å². The fraction of sp³-hybridized carbons (Fsp3) is 1.00. The lowest BCUT2D eigenvalue weighted by atomic mass is 10.2. The van der Waals surface area contributed by atoms with Gasteiger partial charge >= 0.3 is 0 Å². The van der Waals surface area contributed by atoms with E-state index < -0.39 is 0 Å². The first kappa shape index (κ1) is 10.7. The van der Waals surface area contributed by atoms with Crippen molar-refractivity contribution in [2.75, 3.05) is 24.0 Å². The molecule has 3 heteroatoms. The molecule has 0 aromatic rings. The largest absolute Gasteiger partial charge is 0.378 e. The van der Waals surface area contributed by atoms with Gasteiger partial charge in [-0.3, -0.25) is 0 Å². The van der Waals surface area contributed by atoms with Crippen LogP contribution in [-0.4, -0.2) is 30.1 Å². The first-order valence-corrected chi connectivity index (χ1v) is 6.37. The van der Waals surface area contributed by atoms with Gasteiger partial charge in [0.15, 0.2) is 0 Å². The summed E-state index contributed by atoms with van der Waals surface area (Å²) in [6, 6.07) is 0. The van der Waals surface area contributed by atoms with Crippen molar-refractivity contribution < 1.29 is 4.74 Å². The molecule has 0 saturated carbocycles. The van der Waals surface area contributed by atoms with Crippen LogP contribution in [0.3, 0.4) is 0 Å². The van der Waals surface area contributed by atoms with Crippen LogP contribution in [0.1, 0.15) is 25.7 Å². The molecule has 0 bridgehead atoms. The van der Waals surface area contributed by atoms with Crippen LogP contribution in [0.25, 0.3) is 0 Å². The van der Waals surface area contributed by atoms with Gasteiger partial charge in [0.25, 0.3) is 0 Å². The molecule has 1 aliphatic rings. The first-order valence-electron chi connectivity index (χ1n) is 4.69. The Morgan fingerprint density at radius 2 is 2.33 bits per heavy atom. The summed E-state index contributed by atoms with van der Waals surface area (Å²) in [6.07, 6.45) is 5.46. The van der Waals surface area contributed by atoms with Crippen molar-refractivity contribution in [3.05, 3.63) is 0 Å². The highest BCUT2D eigenvalue weighted by atomic mass is 35.5. The Hall–Kier alpha value is 0.600. The molecule has 0 amide bonds. The third-order valence-corrected chi connectivity index (χ3v) is 3.40. The van der Waals surface area contributed by atoms with Crippen molar-refractivity contribution in [1.29, 1.82) is 0 Å². The second kappa shape index (κ2) is 7.05. The van der Waals surface area contributed by atoms with Crippen LogP contribution < -0.4 is 0 Å². The molecule has 0 aromatic heterocycles. The van der Waals surface area contributed by atoms with Crippen LogP contribution in [0.2, 0.25) is 0 Å². The second-order valence-electron chi connectivity index (χ2n) is 3.08. The van der Waals surface area contributed by atoms with Crippen LogP contribution in [0, 0.1) is 0 Å². The normalized spacial score (nSPS) is 23.2. The predicted molar refractivity (Wildman–Crippen MR) is 56.3 cm³/mol. The lowest BCUT2D eigenvalue weighted by Gasteiger charge is -2.07. The molecule has 0 radical (unpaired) electrons. The fourth-order valence-corrected chi connectivity index (χ4v) is 2.62. The molecule has 1 saturated heterocycles. The number of hydrogen-bond acceptors (Lipinski definition) is 2. The van der Waals surface area contributed by atoms with Gasteiger partial charge in [-0.1, -0.05) is 0 Å². The Kier molecular flexibility index (Phi) is 6.27. The Labute approximate surface area is 84.2 Å². The average molecular weight is 209 g/mol. The molecule has 1 aliphatic heterocycles. The molecule has 1 unspecified atom stereocenters. The number of ether oxygens (including phenoxy) is 1. The Morgan fingerprint density at radius 3 is 3.00 bits per heavy atom. The van der Waals surface area contributed by atoms with Gasteiger partial charge in [-0.2, -0.15) is 11.8 Å². The Bertz CT molecular complexity index is 105. The number of alkyl halides is 1. The highest BCUT2D eigenvalue weighted by Gasteiger charge is 2.14. The van der Waals surface area contributed by atoms with Gasteiger partial charge in [0.05, 0.1) is 6.10 Å². The molecule has 1 rings (SSSR count). The minimum atomic E-state index is 0.563. The maximum absolute atomic E-state index is 5.57. The Balaban J connectivity index is 1.81. The van der Waals surface area contributed by atoms with Crippen molar-refractivity contribution >= 4 is 23.4 Å². The number of halogens is 1. The zero-order valence-electron chi connectivity index (χ0n) is 7.43. The summed E-state index contributed by atoms with van der Waals surface area (Å²) in [4.78, 5) is 0. The van der Waals surface area contributed by atoms with Crippen molar-refractivity contribution in [1.82, 2.24) is 0 Å². The summed E-state index contributed by atoms with van der Waals surface area (Å²) >= 11 is 7.57. The summed E-state index contributed by atoms with van der Waals surface area (Å²) in [6.45, 7) is 0.983. The molecular formula is C9H17ClOS. The van der Waals surface area contributed by atoms with Gasteiger partial charge < -0.3 is 4.74 Å². The van der Waals surface area contributed by atoms with E-state index in [1.165, 1.54) is 30.8 Å². The average Bonchev–Trinajstić information content (AvgIpc) is 2.57. The molecule has 0 aromatic carbocycles. The maximum Gasteiger partial charge on any atom is 0.0583 e. The summed E-state index contributed by atoms with van der Waals surface area (Å²) in [5.74, 6) is 3.24. The van der Waals surface area contributed by atoms with Gasteiger partial charge in [-0.15, -0.1) is 11.6 Å². The second-order valence-corrected chi connectivity index (χ2v) is 4.68.